The summed E-state index contributed by atoms with van der Waals surface area (Å²) in [5.74, 6) is -0.296. The maximum atomic E-state index is 10.9. The molecule has 3 nitrogen and oxygen atoms in total. The molecule has 11 heavy (non-hydrogen) atoms. The van der Waals surface area contributed by atoms with E-state index in [9.17, 15) is 4.79 Å². The van der Waals surface area contributed by atoms with Crippen molar-refractivity contribution in [1.29, 1.82) is 0 Å². The molecule has 1 heterocycles. The fraction of sp³-hybridized carbons (Fsp3) is 0.625. The lowest BCUT2D eigenvalue weighted by Gasteiger charge is -2.16. The summed E-state index contributed by atoms with van der Waals surface area (Å²) >= 11 is 0. The molecule has 1 rings (SSSR count). The van der Waals surface area contributed by atoms with E-state index in [-0.39, 0.29) is 11.6 Å². The number of rotatable bonds is 1. The minimum atomic E-state index is -0.296. The highest BCUT2D eigenvalue weighted by molar-refractivity contribution is 5.88. The smallest absolute Gasteiger partial charge is 0.336 e. The second-order valence-electron chi connectivity index (χ2n) is 3.19. The molecular weight excluding hydrogens is 144 g/mol. The van der Waals surface area contributed by atoms with Crippen LogP contribution in [0.4, 0.5) is 0 Å². The first-order valence-corrected chi connectivity index (χ1v) is 3.50. The van der Waals surface area contributed by atoms with Gasteiger partial charge in [-0.2, -0.15) is 0 Å². The largest absolute Gasteiger partial charge is 0.495 e. The van der Waals surface area contributed by atoms with Crippen molar-refractivity contribution < 1.29 is 14.3 Å². The Hall–Kier alpha value is -0.990. The molecule has 3 heteroatoms. The van der Waals surface area contributed by atoms with Gasteiger partial charge in [0.2, 0.25) is 0 Å². The van der Waals surface area contributed by atoms with Gasteiger partial charge < -0.3 is 9.47 Å². The topological polar surface area (TPSA) is 35.5 Å². The van der Waals surface area contributed by atoms with E-state index < -0.39 is 0 Å². The lowest BCUT2D eigenvalue weighted by atomic mass is 10.0. The third kappa shape index (κ3) is 1.73. The molecule has 0 aromatic heterocycles. The first kappa shape index (κ1) is 8.11. The van der Waals surface area contributed by atoms with E-state index in [1.807, 2.05) is 13.8 Å². The van der Waals surface area contributed by atoms with Crippen LogP contribution in [0.15, 0.2) is 11.8 Å². The number of hydrogen-bond acceptors (Lipinski definition) is 3. The Kier molecular flexibility index (Phi) is 1.89. The third-order valence-corrected chi connectivity index (χ3v) is 1.58. The number of ether oxygens (including phenoxy) is 2. The number of carbonyl (C=O) groups excluding carboxylic acids is 1. The molecule has 0 N–H and O–H groups in total. The molecule has 0 aliphatic carbocycles. The van der Waals surface area contributed by atoms with Crippen LogP contribution in [0.25, 0.3) is 0 Å². The van der Waals surface area contributed by atoms with Gasteiger partial charge in [0.25, 0.3) is 0 Å². The highest BCUT2D eigenvalue weighted by Crippen LogP contribution is 2.28. The van der Waals surface area contributed by atoms with Crippen molar-refractivity contribution in [2.75, 3.05) is 7.11 Å². The van der Waals surface area contributed by atoms with Crippen molar-refractivity contribution in [3.05, 3.63) is 11.8 Å². The third-order valence-electron chi connectivity index (χ3n) is 1.58. The van der Waals surface area contributed by atoms with E-state index in [2.05, 4.69) is 4.74 Å². The maximum absolute atomic E-state index is 10.9. The Morgan fingerprint density at radius 3 is 2.73 bits per heavy atom. The van der Waals surface area contributed by atoms with Crippen LogP contribution < -0.4 is 0 Å². The Labute approximate surface area is 66.0 Å². The summed E-state index contributed by atoms with van der Waals surface area (Å²) in [6.45, 7) is 3.86. The highest BCUT2D eigenvalue weighted by Gasteiger charge is 2.30. The predicted octanol–water partition coefficient (Wildman–Crippen LogP) is 1.24. The maximum Gasteiger partial charge on any atom is 0.336 e. The molecule has 1 aliphatic heterocycles. The van der Waals surface area contributed by atoms with Crippen molar-refractivity contribution in [1.82, 2.24) is 0 Å². The molecule has 0 unspecified atom stereocenters. The van der Waals surface area contributed by atoms with Crippen molar-refractivity contribution in [3.63, 3.8) is 0 Å². The zero-order valence-electron chi connectivity index (χ0n) is 7.01. The zero-order chi connectivity index (χ0) is 8.48. The van der Waals surface area contributed by atoms with E-state index in [1.165, 1.54) is 13.4 Å². The fourth-order valence-electron chi connectivity index (χ4n) is 1.02. The first-order chi connectivity index (χ1) is 5.05. The van der Waals surface area contributed by atoms with Gasteiger partial charge in [-0.1, -0.05) is 0 Å². The van der Waals surface area contributed by atoms with Crippen molar-refractivity contribution in [2.24, 2.45) is 0 Å². The molecule has 1 aliphatic rings. The van der Waals surface area contributed by atoms with Crippen molar-refractivity contribution in [3.8, 4) is 0 Å². The van der Waals surface area contributed by atoms with Crippen molar-refractivity contribution >= 4 is 5.97 Å². The van der Waals surface area contributed by atoms with Gasteiger partial charge in [-0.25, -0.2) is 4.79 Å². The molecule has 0 aromatic carbocycles. The lowest BCUT2D eigenvalue weighted by Crippen LogP contribution is -2.18. The van der Waals surface area contributed by atoms with Gasteiger partial charge in [0, 0.05) is 6.42 Å². The number of methoxy groups -OCH3 is 1. The van der Waals surface area contributed by atoms with E-state index in [0.717, 1.165) is 0 Å². The Morgan fingerprint density at radius 1 is 1.73 bits per heavy atom. The Bertz CT molecular complexity index is 203. The van der Waals surface area contributed by atoms with Gasteiger partial charge in [0.05, 0.1) is 18.9 Å². The summed E-state index contributed by atoms with van der Waals surface area (Å²) < 4.78 is 9.75. The zero-order valence-corrected chi connectivity index (χ0v) is 7.01. The molecule has 0 radical (unpaired) electrons. The number of hydrogen-bond donors (Lipinski definition) is 0. The van der Waals surface area contributed by atoms with E-state index in [0.29, 0.717) is 12.0 Å². The van der Waals surface area contributed by atoms with Gasteiger partial charge in [0.1, 0.15) is 5.60 Å². The van der Waals surface area contributed by atoms with Gasteiger partial charge in [0.15, 0.2) is 0 Å². The average Bonchev–Trinajstić information content (AvgIpc) is 2.29. The van der Waals surface area contributed by atoms with Crippen LogP contribution in [0.3, 0.4) is 0 Å². The molecule has 0 spiro atoms. The van der Waals surface area contributed by atoms with Crippen LogP contribution in [0, 0.1) is 0 Å². The summed E-state index contributed by atoms with van der Waals surface area (Å²) in [5, 5.41) is 0. The number of esters is 1. The second kappa shape index (κ2) is 2.57. The van der Waals surface area contributed by atoms with Crippen LogP contribution in [0.2, 0.25) is 0 Å². The first-order valence-electron chi connectivity index (χ1n) is 3.50. The number of carbonyl (C=O) groups is 1. The molecule has 62 valence electrons. The summed E-state index contributed by atoms with van der Waals surface area (Å²) in [6, 6.07) is 0. The normalized spacial score (nSPS) is 20.5. The van der Waals surface area contributed by atoms with E-state index >= 15 is 0 Å². The van der Waals surface area contributed by atoms with Crippen LogP contribution in [0.5, 0.6) is 0 Å². The molecule has 0 aromatic rings. The van der Waals surface area contributed by atoms with Crippen molar-refractivity contribution in [2.45, 2.75) is 25.9 Å². The van der Waals surface area contributed by atoms with Gasteiger partial charge >= 0.3 is 5.97 Å². The minimum absolute atomic E-state index is 0.247. The molecule has 0 fully saturated rings. The highest BCUT2D eigenvalue weighted by atomic mass is 16.5. The molecule has 0 bridgehead atoms. The second-order valence-corrected chi connectivity index (χ2v) is 3.19. The summed E-state index contributed by atoms with van der Waals surface area (Å²) in [7, 11) is 1.37. The molecule has 0 saturated heterocycles. The average molecular weight is 156 g/mol. The lowest BCUT2D eigenvalue weighted by molar-refractivity contribution is -0.136. The monoisotopic (exact) mass is 156 g/mol. The molecule has 0 saturated carbocycles. The van der Waals surface area contributed by atoms with Crippen LogP contribution in [-0.2, 0) is 14.3 Å². The molecular formula is C8H12O3. The Morgan fingerprint density at radius 2 is 2.36 bits per heavy atom. The van der Waals surface area contributed by atoms with Gasteiger partial charge in [-0.3, -0.25) is 0 Å². The fourth-order valence-corrected chi connectivity index (χ4v) is 1.02. The SMILES string of the molecule is COC(=O)C1=COC(C)(C)C1. The minimum Gasteiger partial charge on any atom is -0.495 e. The summed E-state index contributed by atoms with van der Waals surface area (Å²) in [6.07, 6.45) is 2.10. The van der Waals surface area contributed by atoms with Gasteiger partial charge in [-0.15, -0.1) is 0 Å². The standard InChI is InChI=1S/C8H12O3/c1-8(2)4-6(5-11-8)7(9)10-3/h5H,4H2,1-3H3. The van der Waals surface area contributed by atoms with Crippen LogP contribution in [0.1, 0.15) is 20.3 Å². The molecule has 0 atom stereocenters. The van der Waals surface area contributed by atoms with E-state index in [1.54, 1.807) is 0 Å². The Balaban J connectivity index is 2.60. The predicted molar refractivity (Wildman–Crippen MR) is 39.9 cm³/mol. The molecule has 0 amide bonds. The van der Waals surface area contributed by atoms with Crippen LogP contribution in [-0.4, -0.2) is 18.7 Å². The van der Waals surface area contributed by atoms with E-state index in [4.69, 9.17) is 4.74 Å². The summed E-state index contributed by atoms with van der Waals surface area (Å²) in [5.41, 5.74) is 0.362. The van der Waals surface area contributed by atoms with Crippen LogP contribution >= 0.6 is 0 Å². The quantitative estimate of drug-likeness (QED) is 0.536. The van der Waals surface area contributed by atoms with Gasteiger partial charge in [-0.05, 0) is 13.8 Å². The summed E-state index contributed by atoms with van der Waals surface area (Å²) in [4.78, 5) is 10.9.